The van der Waals surface area contributed by atoms with Gasteiger partial charge in [-0.15, -0.1) is 0 Å². The van der Waals surface area contributed by atoms with Crippen molar-refractivity contribution in [2.45, 2.75) is 6.10 Å². The molecular formula is C17H20N2O5S. The molecule has 0 radical (unpaired) electrons. The summed E-state index contributed by atoms with van der Waals surface area (Å²) in [6, 6.07) is 6.72. The fourth-order valence-electron chi connectivity index (χ4n) is 2.14. The van der Waals surface area contributed by atoms with Crippen molar-refractivity contribution in [1.82, 2.24) is 10.6 Å². The van der Waals surface area contributed by atoms with Gasteiger partial charge in [0.25, 0.3) is 5.91 Å². The van der Waals surface area contributed by atoms with Crippen molar-refractivity contribution in [2.24, 2.45) is 0 Å². The smallest absolute Gasteiger partial charge is 0.252 e. The van der Waals surface area contributed by atoms with Crippen molar-refractivity contribution < 1.29 is 24.2 Å². The summed E-state index contributed by atoms with van der Waals surface area (Å²) >= 11 is 1.40. The highest BCUT2D eigenvalue weighted by Crippen LogP contribution is 2.28. The molecule has 1 aromatic carbocycles. The van der Waals surface area contributed by atoms with Crippen LogP contribution in [0.1, 0.15) is 22.0 Å². The first kappa shape index (κ1) is 18.8. The predicted octanol–water partition coefficient (Wildman–Crippen LogP) is 1.34. The van der Waals surface area contributed by atoms with E-state index in [9.17, 15) is 14.7 Å². The van der Waals surface area contributed by atoms with E-state index in [2.05, 4.69) is 10.6 Å². The van der Waals surface area contributed by atoms with E-state index in [-0.39, 0.29) is 19.0 Å². The highest BCUT2D eigenvalue weighted by atomic mass is 32.1. The van der Waals surface area contributed by atoms with Gasteiger partial charge in [-0.05, 0) is 29.6 Å². The fraction of sp³-hybridized carbons (Fsp3) is 0.294. The Hall–Kier alpha value is -2.58. The Balaban J connectivity index is 1.86. The molecule has 0 bridgehead atoms. The number of hydrogen-bond acceptors (Lipinski definition) is 6. The number of benzene rings is 1. The van der Waals surface area contributed by atoms with Crippen LogP contribution >= 0.6 is 11.3 Å². The van der Waals surface area contributed by atoms with Crippen LogP contribution in [0.3, 0.4) is 0 Å². The summed E-state index contributed by atoms with van der Waals surface area (Å²) in [6.07, 6.45) is -0.971. The normalized spacial score (nSPS) is 11.5. The number of aliphatic hydroxyl groups excluding tert-OH is 1. The molecule has 1 aromatic heterocycles. The molecule has 2 rings (SSSR count). The first-order chi connectivity index (χ1) is 12.0. The third kappa shape index (κ3) is 5.20. The lowest BCUT2D eigenvalue weighted by molar-refractivity contribution is -0.120. The Morgan fingerprint density at radius 3 is 2.64 bits per heavy atom. The Morgan fingerprint density at radius 2 is 2.00 bits per heavy atom. The number of carbonyl (C=O) groups excluding carboxylic acids is 2. The molecule has 0 spiro atoms. The third-order valence-corrected chi connectivity index (χ3v) is 4.16. The molecule has 0 aliphatic rings. The van der Waals surface area contributed by atoms with Crippen LogP contribution in [0.2, 0.25) is 0 Å². The number of methoxy groups -OCH3 is 2. The second-order valence-electron chi connectivity index (χ2n) is 5.12. The molecule has 25 heavy (non-hydrogen) atoms. The minimum absolute atomic E-state index is 0.0172. The van der Waals surface area contributed by atoms with E-state index in [1.54, 1.807) is 35.0 Å². The molecule has 1 unspecified atom stereocenters. The monoisotopic (exact) mass is 364 g/mol. The molecule has 134 valence electrons. The molecule has 1 atom stereocenters. The Morgan fingerprint density at radius 1 is 1.20 bits per heavy atom. The largest absolute Gasteiger partial charge is 0.497 e. The topological polar surface area (TPSA) is 96.9 Å². The highest BCUT2D eigenvalue weighted by Gasteiger charge is 2.16. The van der Waals surface area contributed by atoms with E-state index in [1.807, 2.05) is 0 Å². The number of carbonyl (C=O) groups is 2. The molecule has 3 N–H and O–H groups in total. The summed E-state index contributed by atoms with van der Waals surface area (Å²) in [6.45, 7) is -0.187. The molecule has 1 heterocycles. The van der Waals surface area contributed by atoms with Crippen LogP contribution < -0.4 is 20.1 Å². The first-order valence-corrected chi connectivity index (χ1v) is 8.46. The van der Waals surface area contributed by atoms with E-state index in [4.69, 9.17) is 9.47 Å². The lowest BCUT2D eigenvalue weighted by Gasteiger charge is -2.16. The fourth-order valence-corrected chi connectivity index (χ4v) is 2.78. The Kier molecular flexibility index (Phi) is 6.79. The molecular weight excluding hydrogens is 344 g/mol. The lowest BCUT2D eigenvalue weighted by atomic mass is 10.1. The summed E-state index contributed by atoms with van der Waals surface area (Å²) in [5, 5.41) is 18.9. The van der Waals surface area contributed by atoms with Gasteiger partial charge in [0.05, 0.1) is 26.9 Å². The lowest BCUT2D eigenvalue weighted by Crippen LogP contribution is -2.38. The number of thiophene rings is 1. The van der Waals surface area contributed by atoms with Crippen molar-refractivity contribution in [3.8, 4) is 11.5 Å². The number of rotatable bonds is 8. The van der Waals surface area contributed by atoms with E-state index in [0.717, 1.165) is 0 Å². The van der Waals surface area contributed by atoms with Crippen molar-refractivity contribution in [1.29, 1.82) is 0 Å². The van der Waals surface area contributed by atoms with E-state index in [1.165, 1.54) is 25.6 Å². The highest BCUT2D eigenvalue weighted by molar-refractivity contribution is 7.08. The molecule has 0 saturated carbocycles. The SMILES string of the molecule is COc1ccc(OC)c(C(O)CNC(=O)CNC(=O)c2ccsc2)c1. The predicted molar refractivity (Wildman–Crippen MR) is 94.2 cm³/mol. The zero-order chi connectivity index (χ0) is 18.2. The van der Waals surface area contributed by atoms with Crippen LogP contribution in [-0.4, -0.2) is 44.2 Å². The van der Waals surface area contributed by atoms with Gasteiger partial charge in [0.1, 0.15) is 11.5 Å². The van der Waals surface area contributed by atoms with Gasteiger partial charge in [-0.2, -0.15) is 11.3 Å². The maximum Gasteiger partial charge on any atom is 0.252 e. The summed E-state index contributed by atoms with van der Waals surface area (Å²) in [5.41, 5.74) is 1.02. The second-order valence-corrected chi connectivity index (χ2v) is 5.90. The number of nitrogens with one attached hydrogen (secondary N) is 2. The minimum Gasteiger partial charge on any atom is -0.497 e. The minimum atomic E-state index is -0.971. The molecule has 8 heteroatoms. The van der Waals surface area contributed by atoms with Crippen molar-refractivity contribution in [2.75, 3.05) is 27.3 Å². The number of hydrogen-bond donors (Lipinski definition) is 3. The maximum atomic E-state index is 11.8. The standard InChI is InChI=1S/C17H20N2O5S/c1-23-12-3-4-15(24-2)13(7-12)14(20)8-18-16(21)9-19-17(22)11-5-6-25-10-11/h3-7,10,14,20H,8-9H2,1-2H3,(H,18,21)(H,19,22). The van der Waals surface area contributed by atoms with Gasteiger partial charge in [-0.25, -0.2) is 0 Å². The third-order valence-electron chi connectivity index (χ3n) is 3.48. The Labute approximate surface area is 149 Å². The quantitative estimate of drug-likeness (QED) is 0.657. The molecule has 0 aliphatic carbocycles. The summed E-state index contributed by atoms with van der Waals surface area (Å²) in [7, 11) is 3.02. The maximum absolute atomic E-state index is 11.8. The molecule has 2 aromatic rings. The first-order valence-electron chi connectivity index (χ1n) is 7.52. The van der Waals surface area contributed by atoms with E-state index >= 15 is 0 Å². The van der Waals surface area contributed by atoms with Gasteiger partial charge in [0, 0.05) is 23.1 Å². The average molecular weight is 364 g/mol. The second kappa shape index (κ2) is 9.05. The zero-order valence-corrected chi connectivity index (χ0v) is 14.8. The molecule has 2 amide bonds. The number of aliphatic hydroxyl groups is 1. The van der Waals surface area contributed by atoms with Gasteiger partial charge in [0.2, 0.25) is 5.91 Å². The molecule has 0 fully saturated rings. The van der Waals surface area contributed by atoms with E-state index < -0.39 is 12.0 Å². The van der Waals surface area contributed by atoms with Crippen molar-refractivity contribution >= 4 is 23.2 Å². The van der Waals surface area contributed by atoms with Crippen LogP contribution in [0.25, 0.3) is 0 Å². The van der Waals surface area contributed by atoms with Gasteiger partial charge in [-0.1, -0.05) is 0 Å². The summed E-state index contributed by atoms with van der Waals surface area (Å²) in [5.74, 6) is 0.355. The van der Waals surface area contributed by atoms with Crippen LogP contribution in [0, 0.1) is 0 Å². The summed E-state index contributed by atoms with van der Waals surface area (Å²) in [4.78, 5) is 23.6. The van der Waals surface area contributed by atoms with E-state index in [0.29, 0.717) is 22.6 Å². The van der Waals surface area contributed by atoms with Gasteiger partial charge >= 0.3 is 0 Å². The Bertz CT molecular complexity index is 718. The van der Waals surface area contributed by atoms with Crippen LogP contribution in [0.5, 0.6) is 11.5 Å². The van der Waals surface area contributed by atoms with Crippen LogP contribution in [0.15, 0.2) is 35.0 Å². The van der Waals surface area contributed by atoms with Crippen molar-refractivity contribution in [3.05, 3.63) is 46.2 Å². The van der Waals surface area contributed by atoms with Gasteiger partial charge < -0.3 is 25.2 Å². The molecule has 0 aliphatic heterocycles. The number of ether oxygens (including phenoxy) is 2. The average Bonchev–Trinajstić information content (AvgIpc) is 3.18. The van der Waals surface area contributed by atoms with Gasteiger partial charge in [0.15, 0.2) is 0 Å². The van der Waals surface area contributed by atoms with Crippen LogP contribution in [0.4, 0.5) is 0 Å². The zero-order valence-electron chi connectivity index (χ0n) is 13.9. The number of amides is 2. The van der Waals surface area contributed by atoms with Gasteiger partial charge in [-0.3, -0.25) is 9.59 Å². The summed E-state index contributed by atoms with van der Waals surface area (Å²) < 4.78 is 10.3. The molecule has 7 nitrogen and oxygen atoms in total. The van der Waals surface area contributed by atoms with Crippen LogP contribution in [-0.2, 0) is 4.79 Å². The van der Waals surface area contributed by atoms with Crippen molar-refractivity contribution in [3.63, 3.8) is 0 Å². The molecule has 0 saturated heterocycles.